The summed E-state index contributed by atoms with van der Waals surface area (Å²) in [6.45, 7) is 4.50. The third-order valence-electron chi connectivity index (χ3n) is 2.59. The van der Waals surface area contributed by atoms with Crippen LogP contribution in [-0.2, 0) is 6.42 Å². The van der Waals surface area contributed by atoms with E-state index in [0.717, 1.165) is 10.9 Å². The summed E-state index contributed by atoms with van der Waals surface area (Å²) in [5.41, 5.74) is 1.31. The van der Waals surface area contributed by atoms with Crippen molar-refractivity contribution in [3.63, 3.8) is 0 Å². The van der Waals surface area contributed by atoms with Crippen LogP contribution in [0.2, 0.25) is 0 Å². The molecule has 15 heavy (non-hydrogen) atoms. The predicted molar refractivity (Wildman–Crippen MR) is 67.9 cm³/mol. The van der Waals surface area contributed by atoms with Crippen LogP contribution in [0.15, 0.2) is 22.9 Å². The normalized spacial score (nSPS) is 14.9. The maximum Gasteiger partial charge on any atom is 0.0410 e. The quantitative estimate of drug-likeness (QED) is 0.890. The first kappa shape index (κ1) is 12.7. The predicted octanol–water partition coefficient (Wildman–Crippen LogP) is 3.02. The Hall–Kier alpha value is -0.410. The minimum Gasteiger partial charge on any atom is -0.317 e. The number of hydrogen-bond acceptors (Lipinski definition) is 2. The molecule has 0 amide bonds. The topological polar surface area (TPSA) is 24.9 Å². The van der Waals surface area contributed by atoms with E-state index in [9.17, 15) is 0 Å². The average molecular weight is 271 g/mol. The molecular weight excluding hydrogens is 252 g/mol. The Labute approximate surface area is 101 Å². The molecule has 2 unspecified atom stereocenters. The number of nitrogens with zero attached hydrogens (tertiary/aromatic N) is 1. The molecule has 1 aromatic heterocycles. The Balaban J connectivity index is 2.47. The largest absolute Gasteiger partial charge is 0.317 e. The van der Waals surface area contributed by atoms with Crippen molar-refractivity contribution < 1.29 is 0 Å². The Morgan fingerprint density at radius 3 is 2.73 bits per heavy atom. The maximum atomic E-state index is 4.17. The van der Waals surface area contributed by atoms with Gasteiger partial charge in [-0.25, -0.2) is 0 Å². The minimum atomic E-state index is 0.583. The molecule has 0 saturated carbocycles. The second kappa shape index (κ2) is 6.23. The lowest BCUT2D eigenvalue weighted by Gasteiger charge is -2.16. The molecule has 84 valence electrons. The molecular formula is C12H19BrN2. The maximum absolute atomic E-state index is 4.17. The van der Waals surface area contributed by atoms with Crippen LogP contribution < -0.4 is 5.32 Å². The fraction of sp³-hybridized carbons (Fsp3) is 0.583. The van der Waals surface area contributed by atoms with Crippen LogP contribution in [0.1, 0.15) is 25.8 Å². The molecule has 0 spiro atoms. The fourth-order valence-electron chi connectivity index (χ4n) is 1.77. The number of hydrogen-bond donors (Lipinski definition) is 1. The SMILES string of the molecule is CNC(C)CC(C)Cc1cncc(Br)c1. The van der Waals surface area contributed by atoms with Crippen molar-refractivity contribution in [1.29, 1.82) is 0 Å². The zero-order valence-corrected chi connectivity index (χ0v) is 11.2. The first-order valence-corrected chi connectivity index (χ1v) is 6.17. The third kappa shape index (κ3) is 4.76. The van der Waals surface area contributed by atoms with Crippen LogP contribution >= 0.6 is 15.9 Å². The van der Waals surface area contributed by atoms with E-state index in [1.54, 1.807) is 0 Å². The van der Waals surface area contributed by atoms with Gasteiger partial charge in [-0.1, -0.05) is 6.92 Å². The van der Waals surface area contributed by atoms with E-state index in [1.807, 2.05) is 19.4 Å². The number of halogens is 1. The van der Waals surface area contributed by atoms with Crippen molar-refractivity contribution in [3.8, 4) is 0 Å². The number of nitrogens with one attached hydrogen (secondary N) is 1. The summed E-state index contributed by atoms with van der Waals surface area (Å²) in [6, 6.07) is 2.73. The lowest BCUT2D eigenvalue weighted by Crippen LogP contribution is -2.24. The smallest absolute Gasteiger partial charge is 0.0410 e. The monoisotopic (exact) mass is 270 g/mol. The zero-order valence-electron chi connectivity index (χ0n) is 9.63. The van der Waals surface area contributed by atoms with Crippen LogP contribution in [0.25, 0.3) is 0 Å². The van der Waals surface area contributed by atoms with E-state index in [2.05, 4.69) is 46.1 Å². The highest BCUT2D eigenvalue weighted by Gasteiger charge is 2.08. The molecule has 1 heterocycles. The molecule has 0 aliphatic carbocycles. The molecule has 0 bridgehead atoms. The summed E-state index contributed by atoms with van der Waals surface area (Å²) in [5, 5.41) is 3.27. The highest BCUT2D eigenvalue weighted by molar-refractivity contribution is 9.10. The lowest BCUT2D eigenvalue weighted by molar-refractivity contribution is 0.440. The van der Waals surface area contributed by atoms with Crippen molar-refractivity contribution in [2.24, 2.45) is 5.92 Å². The highest BCUT2D eigenvalue weighted by atomic mass is 79.9. The van der Waals surface area contributed by atoms with Crippen molar-refractivity contribution in [3.05, 3.63) is 28.5 Å². The number of rotatable bonds is 5. The first-order chi connectivity index (χ1) is 7.11. The Kier molecular flexibility index (Phi) is 5.26. The summed E-state index contributed by atoms with van der Waals surface area (Å²) >= 11 is 3.44. The molecule has 1 N–H and O–H groups in total. The molecule has 2 atom stereocenters. The van der Waals surface area contributed by atoms with Gasteiger partial charge in [-0.05, 0) is 60.3 Å². The second-order valence-corrected chi connectivity index (χ2v) is 5.16. The molecule has 0 fully saturated rings. The highest BCUT2D eigenvalue weighted by Crippen LogP contribution is 2.16. The van der Waals surface area contributed by atoms with Crippen LogP contribution in [0.4, 0.5) is 0 Å². The van der Waals surface area contributed by atoms with E-state index in [4.69, 9.17) is 0 Å². The van der Waals surface area contributed by atoms with Crippen LogP contribution in [0.3, 0.4) is 0 Å². The summed E-state index contributed by atoms with van der Waals surface area (Å²) < 4.78 is 1.06. The van der Waals surface area contributed by atoms with Crippen molar-refractivity contribution in [2.75, 3.05) is 7.05 Å². The number of aromatic nitrogens is 1. The van der Waals surface area contributed by atoms with Gasteiger partial charge in [0.1, 0.15) is 0 Å². The summed E-state index contributed by atoms with van der Waals surface area (Å²) in [6.07, 6.45) is 6.07. The van der Waals surface area contributed by atoms with Gasteiger partial charge in [0.15, 0.2) is 0 Å². The Bertz CT molecular complexity index is 301. The van der Waals surface area contributed by atoms with Crippen molar-refractivity contribution in [1.82, 2.24) is 10.3 Å². The van der Waals surface area contributed by atoms with Gasteiger partial charge in [-0.3, -0.25) is 4.98 Å². The Morgan fingerprint density at radius 2 is 2.13 bits per heavy atom. The van der Waals surface area contributed by atoms with E-state index >= 15 is 0 Å². The van der Waals surface area contributed by atoms with Crippen molar-refractivity contribution in [2.45, 2.75) is 32.7 Å². The van der Waals surface area contributed by atoms with Crippen LogP contribution in [0.5, 0.6) is 0 Å². The molecule has 0 aromatic carbocycles. The first-order valence-electron chi connectivity index (χ1n) is 5.38. The molecule has 3 heteroatoms. The lowest BCUT2D eigenvalue weighted by atomic mass is 9.96. The standard InChI is InChI=1S/C12H19BrN2/c1-9(4-10(2)14-3)5-11-6-12(13)8-15-7-11/h6-10,14H,4-5H2,1-3H3. The third-order valence-corrected chi connectivity index (χ3v) is 3.03. The molecule has 0 aliphatic heterocycles. The van der Waals surface area contributed by atoms with E-state index in [1.165, 1.54) is 12.0 Å². The molecule has 1 rings (SSSR count). The summed E-state index contributed by atoms with van der Waals surface area (Å²) in [5.74, 6) is 0.684. The van der Waals surface area contributed by atoms with E-state index in [0.29, 0.717) is 12.0 Å². The molecule has 0 aliphatic rings. The van der Waals surface area contributed by atoms with Gasteiger partial charge in [-0.2, -0.15) is 0 Å². The number of pyridine rings is 1. The van der Waals surface area contributed by atoms with E-state index < -0.39 is 0 Å². The second-order valence-electron chi connectivity index (χ2n) is 4.25. The van der Waals surface area contributed by atoms with Gasteiger partial charge in [0, 0.05) is 22.9 Å². The molecule has 1 aromatic rings. The van der Waals surface area contributed by atoms with Gasteiger partial charge >= 0.3 is 0 Å². The van der Waals surface area contributed by atoms with Crippen LogP contribution in [0, 0.1) is 5.92 Å². The van der Waals surface area contributed by atoms with Crippen LogP contribution in [-0.4, -0.2) is 18.1 Å². The van der Waals surface area contributed by atoms with Gasteiger partial charge < -0.3 is 5.32 Å². The molecule has 2 nitrogen and oxygen atoms in total. The van der Waals surface area contributed by atoms with Gasteiger partial charge in [0.05, 0.1) is 0 Å². The van der Waals surface area contributed by atoms with Gasteiger partial charge in [0.2, 0.25) is 0 Å². The minimum absolute atomic E-state index is 0.583. The van der Waals surface area contributed by atoms with Crippen molar-refractivity contribution >= 4 is 15.9 Å². The molecule has 0 saturated heterocycles. The average Bonchev–Trinajstić information content (AvgIpc) is 2.17. The fourth-order valence-corrected chi connectivity index (χ4v) is 2.19. The summed E-state index contributed by atoms with van der Waals surface area (Å²) in [7, 11) is 2.01. The van der Waals surface area contributed by atoms with Gasteiger partial charge in [0.25, 0.3) is 0 Å². The zero-order chi connectivity index (χ0) is 11.3. The summed E-state index contributed by atoms with van der Waals surface area (Å²) in [4.78, 5) is 4.17. The van der Waals surface area contributed by atoms with Gasteiger partial charge in [-0.15, -0.1) is 0 Å². The Morgan fingerprint density at radius 1 is 1.40 bits per heavy atom. The van der Waals surface area contributed by atoms with E-state index in [-0.39, 0.29) is 0 Å². The molecule has 0 radical (unpaired) electrons.